The summed E-state index contributed by atoms with van der Waals surface area (Å²) in [4.78, 5) is 5.85. The van der Waals surface area contributed by atoms with Crippen molar-refractivity contribution in [3.05, 3.63) is 39.1 Å². The number of halogens is 1. The topological polar surface area (TPSA) is 29.9 Å². The zero-order valence-electron chi connectivity index (χ0n) is 10.3. The molecule has 0 aliphatic heterocycles. The van der Waals surface area contributed by atoms with Crippen LogP contribution in [0.5, 0.6) is 0 Å². The highest BCUT2D eigenvalue weighted by atomic mass is 35.5. The van der Waals surface area contributed by atoms with Crippen molar-refractivity contribution < 1.29 is 0 Å². The number of thiophene rings is 1. The van der Waals surface area contributed by atoms with Gasteiger partial charge in [0.15, 0.2) is 0 Å². The first-order chi connectivity index (χ1) is 8.75. The summed E-state index contributed by atoms with van der Waals surface area (Å²) >= 11 is 7.86. The van der Waals surface area contributed by atoms with Crippen LogP contribution in [-0.4, -0.2) is 9.55 Å². The molecule has 1 aliphatic rings. The van der Waals surface area contributed by atoms with Gasteiger partial charge >= 0.3 is 0 Å². The van der Waals surface area contributed by atoms with Crippen molar-refractivity contribution in [2.75, 3.05) is 0 Å². The number of imidazole rings is 1. The van der Waals surface area contributed by atoms with Crippen LogP contribution in [0.2, 0.25) is 5.15 Å². The maximum atomic E-state index is 5.99. The standard InChI is InChI=1S/C13H16ClN3S/c1-17-12(14)7-16-13(17)8-15-10-3-2-4-11-9(10)5-6-18-11/h5-7,10,15H,2-4,8H2,1H3. The summed E-state index contributed by atoms with van der Waals surface area (Å²) in [6.07, 6.45) is 5.42. The second kappa shape index (κ2) is 5.03. The average Bonchev–Trinajstić information content (AvgIpc) is 2.97. The maximum absolute atomic E-state index is 5.99. The molecule has 0 bridgehead atoms. The van der Waals surface area contributed by atoms with Gasteiger partial charge in [-0.05, 0) is 36.3 Å². The largest absolute Gasteiger partial charge is 0.321 e. The minimum absolute atomic E-state index is 0.468. The Morgan fingerprint density at radius 3 is 3.28 bits per heavy atom. The molecule has 2 aromatic rings. The monoisotopic (exact) mass is 281 g/mol. The predicted molar refractivity (Wildman–Crippen MR) is 75.1 cm³/mol. The molecule has 0 spiro atoms. The van der Waals surface area contributed by atoms with Crippen molar-refractivity contribution in [2.24, 2.45) is 7.05 Å². The molecule has 2 aromatic heterocycles. The second-order valence-corrected chi connectivity index (χ2v) is 6.07. The van der Waals surface area contributed by atoms with Gasteiger partial charge in [0.2, 0.25) is 0 Å². The minimum atomic E-state index is 0.468. The number of aryl methyl sites for hydroxylation is 1. The van der Waals surface area contributed by atoms with Gasteiger partial charge in [0, 0.05) is 18.0 Å². The molecular weight excluding hydrogens is 266 g/mol. The van der Waals surface area contributed by atoms with Crippen LogP contribution in [0, 0.1) is 0 Å². The van der Waals surface area contributed by atoms with Crippen LogP contribution >= 0.6 is 22.9 Å². The van der Waals surface area contributed by atoms with E-state index in [0.717, 1.165) is 12.4 Å². The molecule has 3 rings (SSSR count). The highest BCUT2D eigenvalue weighted by molar-refractivity contribution is 7.10. The first-order valence-corrected chi connectivity index (χ1v) is 7.47. The van der Waals surface area contributed by atoms with Crippen molar-refractivity contribution in [1.29, 1.82) is 0 Å². The lowest BCUT2D eigenvalue weighted by atomic mass is 9.94. The molecule has 1 unspecified atom stereocenters. The molecule has 0 saturated carbocycles. The lowest BCUT2D eigenvalue weighted by Crippen LogP contribution is -2.25. The molecule has 0 amide bonds. The number of aromatic nitrogens is 2. The van der Waals surface area contributed by atoms with Gasteiger partial charge in [0.05, 0.1) is 12.7 Å². The fourth-order valence-electron chi connectivity index (χ4n) is 2.50. The summed E-state index contributed by atoms with van der Waals surface area (Å²) in [5, 5.41) is 6.48. The molecule has 1 aliphatic carbocycles. The highest BCUT2D eigenvalue weighted by Gasteiger charge is 2.21. The van der Waals surface area contributed by atoms with Crippen LogP contribution < -0.4 is 5.32 Å². The summed E-state index contributed by atoms with van der Waals surface area (Å²) in [7, 11) is 1.95. The lowest BCUT2D eigenvalue weighted by Gasteiger charge is -2.23. The van der Waals surface area contributed by atoms with Gasteiger partial charge in [0.25, 0.3) is 0 Å². The van der Waals surface area contributed by atoms with E-state index in [1.165, 1.54) is 29.7 Å². The van der Waals surface area contributed by atoms with E-state index in [4.69, 9.17) is 11.6 Å². The molecule has 5 heteroatoms. The van der Waals surface area contributed by atoms with E-state index in [9.17, 15) is 0 Å². The Morgan fingerprint density at radius 2 is 2.50 bits per heavy atom. The van der Waals surface area contributed by atoms with E-state index in [1.807, 2.05) is 23.0 Å². The first kappa shape index (κ1) is 12.2. The van der Waals surface area contributed by atoms with Crippen LogP contribution in [0.25, 0.3) is 0 Å². The van der Waals surface area contributed by atoms with Crippen LogP contribution in [0.3, 0.4) is 0 Å². The first-order valence-electron chi connectivity index (χ1n) is 6.21. The van der Waals surface area contributed by atoms with Gasteiger partial charge in [-0.25, -0.2) is 4.98 Å². The molecule has 96 valence electrons. The second-order valence-electron chi connectivity index (χ2n) is 4.68. The van der Waals surface area contributed by atoms with Gasteiger partial charge in [-0.1, -0.05) is 11.6 Å². The van der Waals surface area contributed by atoms with Gasteiger partial charge in [-0.2, -0.15) is 0 Å². The molecule has 0 aromatic carbocycles. The fourth-order valence-corrected chi connectivity index (χ4v) is 3.64. The maximum Gasteiger partial charge on any atom is 0.128 e. The van der Waals surface area contributed by atoms with Crippen molar-refractivity contribution in [3.63, 3.8) is 0 Å². The van der Waals surface area contributed by atoms with Crippen molar-refractivity contribution in [3.8, 4) is 0 Å². The molecule has 1 atom stereocenters. The van der Waals surface area contributed by atoms with E-state index in [0.29, 0.717) is 11.2 Å². The van der Waals surface area contributed by atoms with E-state index in [1.54, 1.807) is 6.20 Å². The quantitative estimate of drug-likeness (QED) is 0.935. The number of nitrogens with zero attached hydrogens (tertiary/aromatic N) is 2. The number of hydrogen-bond donors (Lipinski definition) is 1. The third kappa shape index (κ3) is 2.20. The molecule has 0 fully saturated rings. The molecule has 0 radical (unpaired) electrons. The molecule has 3 nitrogen and oxygen atoms in total. The SMILES string of the molecule is Cn1c(Cl)cnc1CNC1CCCc2sccc21. The molecule has 1 N–H and O–H groups in total. The number of nitrogens with one attached hydrogen (secondary N) is 1. The number of fused-ring (bicyclic) bond motifs is 1. The van der Waals surface area contributed by atoms with Crippen LogP contribution in [0.15, 0.2) is 17.6 Å². The Labute approximate surface area is 116 Å². The normalized spacial score (nSPS) is 18.9. The van der Waals surface area contributed by atoms with Crippen molar-refractivity contribution >= 4 is 22.9 Å². The predicted octanol–water partition coefficient (Wildman–Crippen LogP) is 3.30. The summed E-state index contributed by atoms with van der Waals surface area (Å²) in [5.74, 6) is 0.988. The molecule has 0 saturated heterocycles. The fraction of sp³-hybridized carbons (Fsp3) is 0.462. The van der Waals surface area contributed by atoms with Crippen LogP contribution in [-0.2, 0) is 20.0 Å². The Bertz CT molecular complexity index is 546. The highest BCUT2D eigenvalue weighted by Crippen LogP contribution is 2.33. The average molecular weight is 282 g/mol. The Kier molecular flexibility index (Phi) is 3.41. The Morgan fingerprint density at radius 1 is 1.61 bits per heavy atom. The summed E-state index contributed by atoms with van der Waals surface area (Å²) < 4.78 is 1.92. The third-order valence-corrected chi connectivity index (χ3v) is 4.93. The number of rotatable bonds is 3. The van der Waals surface area contributed by atoms with Crippen molar-refractivity contribution in [1.82, 2.24) is 14.9 Å². The molecular formula is C13H16ClN3S. The smallest absolute Gasteiger partial charge is 0.128 e. The zero-order chi connectivity index (χ0) is 12.5. The number of hydrogen-bond acceptors (Lipinski definition) is 3. The van der Waals surface area contributed by atoms with Gasteiger partial charge in [-0.15, -0.1) is 11.3 Å². The van der Waals surface area contributed by atoms with Crippen LogP contribution in [0.4, 0.5) is 0 Å². The van der Waals surface area contributed by atoms with Crippen LogP contribution in [0.1, 0.15) is 35.1 Å². The molecule has 18 heavy (non-hydrogen) atoms. The van der Waals surface area contributed by atoms with Gasteiger partial charge in [0.1, 0.15) is 11.0 Å². The zero-order valence-corrected chi connectivity index (χ0v) is 11.9. The van der Waals surface area contributed by atoms with E-state index in [2.05, 4.69) is 21.7 Å². The van der Waals surface area contributed by atoms with Crippen molar-refractivity contribution in [2.45, 2.75) is 31.8 Å². The Hall–Kier alpha value is -0.840. The van der Waals surface area contributed by atoms with E-state index in [-0.39, 0.29) is 0 Å². The van der Waals surface area contributed by atoms with Gasteiger partial charge < -0.3 is 9.88 Å². The third-order valence-electron chi connectivity index (χ3n) is 3.59. The summed E-state index contributed by atoms with van der Waals surface area (Å²) in [6.45, 7) is 0.767. The molecule has 2 heterocycles. The van der Waals surface area contributed by atoms with E-state index >= 15 is 0 Å². The van der Waals surface area contributed by atoms with E-state index < -0.39 is 0 Å². The lowest BCUT2D eigenvalue weighted by molar-refractivity contribution is 0.453. The summed E-state index contributed by atoms with van der Waals surface area (Å²) in [5.41, 5.74) is 1.48. The summed E-state index contributed by atoms with van der Waals surface area (Å²) in [6, 6.07) is 2.72. The van der Waals surface area contributed by atoms with Gasteiger partial charge in [-0.3, -0.25) is 0 Å². The Balaban J connectivity index is 1.70. The minimum Gasteiger partial charge on any atom is -0.321 e.